The van der Waals surface area contributed by atoms with E-state index in [-0.39, 0.29) is 6.61 Å². The van der Waals surface area contributed by atoms with E-state index in [4.69, 9.17) is 15.2 Å². The van der Waals surface area contributed by atoms with Gasteiger partial charge in [0.15, 0.2) is 0 Å². The molecule has 3 nitrogen and oxygen atoms in total. The first-order chi connectivity index (χ1) is 5.74. The lowest BCUT2D eigenvalue weighted by Gasteiger charge is -1.98. The van der Waals surface area contributed by atoms with Crippen LogP contribution in [0, 0.1) is 0 Å². The second-order valence-electron chi connectivity index (χ2n) is 2.62. The second kappa shape index (κ2) is 4.26. The molecule has 1 rings (SSSR count). The molecule has 12 heavy (non-hydrogen) atoms. The van der Waals surface area contributed by atoms with E-state index in [1.807, 2.05) is 0 Å². The quantitative estimate of drug-likeness (QED) is 0.498. The zero-order chi connectivity index (χ0) is 8.97. The number of aliphatic hydroxyl groups is 1. The molecule has 0 amide bonds. The molecule has 0 aliphatic heterocycles. The summed E-state index contributed by atoms with van der Waals surface area (Å²) in [5, 5.41) is 26.4. The highest BCUT2D eigenvalue weighted by molar-refractivity contribution is 6.50. The minimum absolute atomic E-state index is 0.0260. The standard InChI is InChI=1S/C8H11BO3/c10-6-7-2-1-3-8(5-4-7)9(11)12/h1-2,4-5,10-12H,3,6H2. The lowest BCUT2D eigenvalue weighted by atomic mass is 9.77. The van der Waals surface area contributed by atoms with Crippen LogP contribution in [-0.4, -0.2) is 28.9 Å². The molecule has 1 aliphatic carbocycles. The van der Waals surface area contributed by atoms with Gasteiger partial charge in [0.2, 0.25) is 0 Å². The van der Waals surface area contributed by atoms with Crippen molar-refractivity contribution >= 4 is 7.12 Å². The van der Waals surface area contributed by atoms with Gasteiger partial charge in [-0.2, -0.15) is 0 Å². The molecule has 4 heteroatoms. The monoisotopic (exact) mass is 166 g/mol. The Morgan fingerprint density at radius 2 is 2.08 bits per heavy atom. The Bertz CT molecular complexity index is 241. The van der Waals surface area contributed by atoms with E-state index < -0.39 is 7.12 Å². The van der Waals surface area contributed by atoms with Crippen LogP contribution in [0.25, 0.3) is 0 Å². The molecule has 0 atom stereocenters. The number of hydrogen-bond acceptors (Lipinski definition) is 3. The van der Waals surface area contributed by atoms with Gasteiger partial charge in [-0.3, -0.25) is 0 Å². The Hall–Kier alpha value is -0.835. The summed E-state index contributed by atoms with van der Waals surface area (Å²) in [5.41, 5.74) is 1.31. The van der Waals surface area contributed by atoms with Crippen molar-refractivity contribution in [3.05, 3.63) is 35.3 Å². The van der Waals surface area contributed by atoms with Crippen LogP contribution in [0.1, 0.15) is 6.42 Å². The van der Waals surface area contributed by atoms with Gasteiger partial charge in [-0.15, -0.1) is 0 Å². The molecular weight excluding hydrogens is 155 g/mol. The highest BCUT2D eigenvalue weighted by Crippen LogP contribution is 2.11. The second-order valence-corrected chi connectivity index (χ2v) is 2.62. The van der Waals surface area contributed by atoms with Gasteiger partial charge in [-0.1, -0.05) is 24.3 Å². The smallest absolute Gasteiger partial charge is 0.423 e. The summed E-state index contributed by atoms with van der Waals surface area (Å²) in [6.45, 7) is -0.0260. The van der Waals surface area contributed by atoms with Crippen LogP contribution in [0.5, 0.6) is 0 Å². The van der Waals surface area contributed by atoms with E-state index >= 15 is 0 Å². The maximum Gasteiger partial charge on any atom is 0.484 e. The first-order valence-electron chi connectivity index (χ1n) is 3.77. The highest BCUT2D eigenvalue weighted by atomic mass is 16.4. The summed E-state index contributed by atoms with van der Waals surface area (Å²) in [5.74, 6) is 0. The molecule has 0 fully saturated rings. The fraction of sp³-hybridized carbons (Fsp3) is 0.250. The zero-order valence-electron chi connectivity index (χ0n) is 6.64. The summed E-state index contributed by atoms with van der Waals surface area (Å²) >= 11 is 0. The lowest BCUT2D eigenvalue weighted by molar-refractivity contribution is 0.335. The third kappa shape index (κ3) is 2.34. The van der Waals surface area contributed by atoms with E-state index in [2.05, 4.69) is 0 Å². The number of rotatable bonds is 2. The fourth-order valence-electron chi connectivity index (χ4n) is 0.981. The van der Waals surface area contributed by atoms with Crippen LogP contribution < -0.4 is 0 Å². The molecule has 0 heterocycles. The molecule has 1 aliphatic rings. The van der Waals surface area contributed by atoms with Crippen LogP contribution in [0.15, 0.2) is 35.3 Å². The van der Waals surface area contributed by atoms with E-state index in [0.717, 1.165) is 5.57 Å². The third-order valence-electron chi connectivity index (χ3n) is 1.71. The Labute approximate surface area is 71.5 Å². The molecule has 0 unspecified atom stereocenters. The highest BCUT2D eigenvalue weighted by Gasteiger charge is 2.13. The van der Waals surface area contributed by atoms with Gasteiger partial charge >= 0.3 is 7.12 Å². The van der Waals surface area contributed by atoms with E-state index in [1.165, 1.54) is 0 Å². The first-order valence-corrected chi connectivity index (χ1v) is 3.77. The van der Waals surface area contributed by atoms with Crippen molar-refractivity contribution in [1.82, 2.24) is 0 Å². The molecule has 0 bridgehead atoms. The molecule has 0 radical (unpaired) electrons. The molecule has 0 spiro atoms. The van der Waals surface area contributed by atoms with Gasteiger partial charge < -0.3 is 15.2 Å². The summed E-state index contributed by atoms with van der Waals surface area (Å²) < 4.78 is 0. The van der Waals surface area contributed by atoms with Gasteiger partial charge in [-0.25, -0.2) is 0 Å². The van der Waals surface area contributed by atoms with Gasteiger partial charge in [0.05, 0.1) is 6.61 Å². The summed E-state index contributed by atoms with van der Waals surface area (Å²) in [6, 6.07) is 0. The van der Waals surface area contributed by atoms with Crippen molar-refractivity contribution in [3.8, 4) is 0 Å². The van der Waals surface area contributed by atoms with Crippen LogP contribution in [0.2, 0.25) is 0 Å². The molecule has 0 saturated carbocycles. The van der Waals surface area contributed by atoms with Crippen molar-refractivity contribution < 1.29 is 15.2 Å². The number of allylic oxidation sites excluding steroid dienone is 4. The summed E-state index contributed by atoms with van der Waals surface area (Å²) in [4.78, 5) is 0. The number of hydrogen-bond donors (Lipinski definition) is 3. The predicted octanol–water partition coefficient (Wildman–Crippen LogP) is -0.197. The lowest BCUT2D eigenvalue weighted by Crippen LogP contribution is -2.14. The Balaban J connectivity index is 2.77. The van der Waals surface area contributed by atoms with E-state index in [0.29, 0.717) is 11.9 Å². The topological polar surface area (TPSA) is 60.7 Å². The van der Waals surface area contributed by atoms with E-state index in [1.54, 1.807) is 24.3 Å². The van der Waals surface area contributed by atoms with Gasteiger partial charge in [0, 0.05) is 0 Å². The Kier molecular flexibility index (Phi) is 3.28. The molecule has 64 valence electrons. The Morgan fingerprint density at radius 3 is 2.67 bits per heavy atom. The van der Waals surface area contributed by atoms with Crippen LogP contribution in [0.3, 0.4) is 0 Å². The molecule has 0 aromatic heterocycles. The number of aliphatic hydroxyl groups excluding tert-OH is 1. The van der Waals surface area contributed by atoms with Crippen molar-refractivity contribution in [3.63, 3.8) is 0 Å². The van der Waals surface area contributed by atoms with E-state index in [9.17, 15) is 0 Å². The van der Waals surface area contributed by atoms with Crippen LogP contribution in [-0.2, 0) is 0 Å². The third-order valence-corrected chi connectivity index (χ3v) is 1.71. The Morgan fingerprint density at radius 1 is 1.33 bits per heavy atom. The predicted molar refractivity (Wildman–Crippen MR) is 47.2 cm³/mol. The van der Waals surface area contributed by atoms with Gasteiger partial charge in [-0.05, 0) is 17.5 Å². The minimum Gasteiger partial charge on any atom is -0.423 e. The largest absolute Gasteiger partial charge is 0.484 e. The average molecular weight is 166 g/mol. The van der Waals surface area contributed by atoms with Crippen molar-refractivity contribution in [2.75, 3.05) is 6.61 Å². The molecule has 0 saturated heterocycles. The molecular formula is C8H11BO3. The SMILES string of the molecule is OCC1=CC=C(B(O)O)CC=C1. The van der Waals surface area contributed by atoms with Crippen LogP contribution in [0.4, 0.5) is 0 Å². The summed E-state index contributed by atoms with van der Waals surface area (Å²) in [7, 11) is -1.40. The van der Waals surface area contributed by atoms with Crippen molar-refractivity contribution in [2.45, 2.75) is 6.42 Å². The molecule has 3 N–H and O–H groups in total. The normalized spacial score (nSPS) is 16.6. The maximum absolute atomic E-state index is 8.82. The van der Waals surface area contributed by atoms with Crippen molar-refractivity contribution in [2.24, 2.45) is 0 Å². The van der Waals surface area contributed by atoms with Crippen LogP contribution >= 0.6 is 0 Å². The minimum atomic E-state index is -1.40. The van der Waals surface area contributed by atoms with Gasteiger partial charge in [0.1, 0.15) is 0 Å². The maximum atomic E-state index is 8.82. The first kappa shape index (κ1) is 9.25. The fourth-order valence-corrected chi connectivity index (χ4v) is 0.981. The molecule has 0 aromatic rings. The average Bonchev–Trinajstić information content (AvgIpc) is 2.28. The zero-order valence-corrected chi connectivity index (χ0v) is 6.64. The van der Waals surface area contributed by atoms with Gasteiger partial charge in [0.25, 0.3) is 0 Å². The molecule has 0 aromatic carbocycles. The van der Waals surface area contributed by atoms with Crippen molar-refractivity contribution in [1.29, 1.82) is 0 Å². The summed E-state index contributed by atoms with van der Waals surface area (Å²) in [6.07, 6.45) is 7.37.